The van der Waals surface area contributed by atoms with E-state index in [4.69, 9.17) is 28.9 Å². The number of carbonyl (C=O) groups is 1. The number of carbonyl (C=O) groups excluding carboxylic acids is 1. The normalized spacial score (nSPS) is 17.2. The van der Waals surface area contributed by atoms with E-state index in [1.807, 2.05) is 23.1 Å². The third-order valence-corrected chi connectivity index (χ3v) is 7.45. The number of amides is 1. The highest BCUT2D eigenvalue weighted by atomic mass is 35.5. The number of halogens is 2. The highest BCUT2D eigenvalue weighted by Crippen LogP contribution is 2.42. The Kier molecular flexibility index (Phi) is 6.09. The standard InChI is InChI=1S/C24H23Cl2N7O3/c1-31-19-21(32(2)24(36)30-22(19)35)29-23(31)33(11-12-3-4-16(25)17(26)7-12)15-5-6-28-18(10-15)13-8-14(9-13)20(27)34/h3-7,10,13-14H,8-9,11H2,1-2H3,(H2,27,34)(H,30,35,36). The fourth-order valence-electron chi connectivity index (χ4n) is 4.56. The molecule has 12 heteroatoms. The highest BCUT2D eigenvalue weighted by molar-refractivity contribution is 6.42. The van der Waals surface area contributed by atoms with E-state index in [0.717, 1.165) is 16.9 Å². The van der Waals surface area contributed by atoms with Crippen LogP contribution in [0.4, 0.5) is 11.6 Å². The van der Waals surface area contributed by atoms with Crippen molar-refractivity contribution in [2.75, 3.05) is 4.90 Å². The molecule has 1 fully saturated rings. The van der Waals surface area contributed by atoms with Crippen molar-refractivity contribution >= 4 is 51.9 Å². The van der Waals surface area contributed by atoms with Gasteiger partial charge in [0, 0.05) is 43.5 Å². The predicted molar refractivity (Wildman–Crippen MR) is 138 cm³/mol. The summed E-state index contributed by atoms with van der Waals surface area (Å²) in [6, 6.07) is 9.14. The lowest BCUT2D eigenvalue weighted by Gasteiger charge is -2.33. The number of nitrogens with two attached hydrogens (primary N) is 1. The smallest absolute Gasteiger partial charge is 0.329 e. The number of nitrogens with zero attached hydrogens (tertiary/aromatic N) is 5. The zero-order valence-electron chi connectivity index (χ0n) is 19.5. The number of H-pyrrole nitrogens is 1. The van der Waals surface area contributed by atoms with Crippen molar-refractivity contribution in [1.82, 2.24) is 24.1 Å². The summed E-state index contributed by atoms with van der Waals surface area (Å²) >= 11 is 12.4. The van der Waals surface area contributed by atoms with Gasteiger partial charge in [-0.1, -0.05) is 29.3 Å². The number of fused-ring (bicyclic) bond motifs is 1. The van der Waals surface area contributed by atoms with Crippen LogP contribution in [0.3, 0.4) is 0 Å². The summed E-state index contributed by atoms with van der Waals surface area (Å²) in [6.07, 6.45) is 3.01. The van der Waals surface area contributed by atoms with E-state index >= 15 is 0 Å². The number of nitrogens with one attached hydrogen (secondary N) is 1. The van der Waals surface area contributed by atoms with Gasteiger partial charge in [-0.2, -0.15) is 4.98 Å². The number of aryl methyl sites for hydroxylation is 2. The van der Waals surface area contributed by atoms with Crippen molar-refractivity contribution in [3.05, 3.63) is 78.7 Å². The van der Waals surface area contributed by atoms with Gasteiger partial charge in [-0.05, 0) is 42.7 Å². The minimum Gasteiger partial charge on any atom is -0.369 e. The molecule has 5 rings (SSSR count). The molecular weight excluding hydrogens is 505 g/mol. The Hall–Kier alpha value is -3.63. The van der Waals surface area contributed by atoms with Crippen molar-refractivity contribution in [3.8, 4) is 0 Å². The molecule has 0 atom stereocenters. The quantitative estimate of drug-likeness (QED) is 0.396. The number of aromatic nitrogens is 5. The molecule has 1 aliphatic rings. The van der Waals surface area contributed by atoms with Crippen LogP contribution in [0, 0.1) is 5.92 Å². The second-order valence-corrected chi connectivity index (χ2v) is 9.82. The molecule has 1 aliphatic carbocycles. The summed E-state index contributed by atoms with van der Waals surface area (Å²) in [5.41, 5.74) is 7.37. The van der Waals surface area contributed by atoms with Gasteiger partial charge in [-0.25, -0.2) is 4.79 Å². The summed E-state index contributed by atoms with van der Waals surface area (Å²) < 4.78 is 2.95. The third kappa shape index (κ3) is 4.16. The summed E-state index contributed by atoms with van der Waals surface area (Å²) in [5.74, 6) is 0.140. The van der Waals surface area contributed by atoms with Crippen LogP contribution in [0.5, 0.6) is 0 Å². The lowest BCUT2D eigenvalue weighted by molar-refractivity contribution is -0.124. The van der Waals surface area contributed by atoms with E-state index in [2.05, 4.69) is 15.0 Å². The first kappa shape index (κ1) is 24.1. The lowest BCUT2D eigenvalue weighted by Crippen LogP contribution is -2.34. The largest absolute Gasteiger partial charge is 0.369 e. The molecule has 4 aromatic rings. The SMILES string of the molecule is Cn1c(N(Cc2ccc(Cl)c(Cl)c2)c2ccnc(C3CC(C(N)=O)C3)c2)nc2c1c(=O)[nH]c(=O)n2C. The molecule has 0 radical (unpaired) electrons. The predicted octanol–water partition coefficient (Wildman–Crippen LogP) is 2.98. The maximum absolute atomic E-state index is 12.6. The molecule has 0 spiro atoms. The number of primary amides is 1. The van der Waals surface area contributed by atoms with Crippen molar-refractivity contribution in [2.24, 2.45) is 25.7 Å². The van der Waals surface area contributed by atoms with Gasteiger partial charge in [0.15, 0.2) is 11.2 Å². The number of aromatic amines is 1. The van der Waals surface area contributed by atoms with Crippen LogP contribution < -0.4 is 21.9 Å². The summed E-state index contributed by atoms with van der Waals surface area (Å²) in [6.45, 7) is 0.345. The zero-order chi connectivity index (χ0) is 25.7. The second-order valence-electron chi connectivity index (χ2n) is 9.00. The Bertz CT molecular complexity index is 1620. The molecule has 36 heavy (non-hydrogen) atoms. The molecule has 1 amide bonds. The number of imidazole rings is 1. The van der Waals surface area contributed by atoms with E-state index in [1.165, 1.54) is 4.57 Å². The van der Waals surface area contributed by atoms with E-state index in [0.29, 0.717) is 35.4 Å². The minimum atomic E-state index is -0.548. The van der Waals surface area contributed by atoms with E-state index in [9.17, 15) is 14.4 Å². The van der Waals surface area contributed by atoms with Crippen molar-refractivity contribution in [1.29, 1.82) is 0 Å². The Labute approximate surface area is 215 Å². The Morgan fingerprint density at radius 2 is 1.89 bits per heavy atom. The molecule has 0 saturated heterocycles. The number of hydrogen-bond donors (Lipinski definition) is 2. The molecule has 0 aliphatic heterocycles. The van der Waals surface area contributed by atoms with Gasteiger partial charge in [0.05, 0.1) is 16.6 Å². The van der Waals surface area contributed by atoms with Crippen LogP contribution >= 0.6 is 23.2 Å². The fraction of sp³-hybridized carbons (Fsp3) is 0.292. The van der Waals surface area contributed by atoms with Crippen LogP contribution in [0.15, 0.2) is 46.1 Å². The third-order valence-electron chi connectivity index (χ3n) is 6.71. The summed E-state index contributed by atoms with van der Waals surface area (Å²) in [4.78, 5) is 49.7. The van der Waals surface area contributed by atoms with Crippen molar-refractivity contribution < 1.29 is 4.79 Å². The monoisotopic (exact) mass is 527 g/mol. The van der Waals surface area contributed by atoms with E-state index in [1.54, 1.807) is 37.0 Å². The molecule has 3 aromatic heterocycles. The zero-order valence-corrected chi connectivity index (χ0v) is 21.0. The van der Waals surface area contributed by atoms with E-state index < -0.39 is 11.2 Å². The molecular formula is C24H23Cl2N7O3. The topological polar surface area (TPSA) is 132 Å². The van der Waals surface area contributed by atoms with Gasteiger partial charge in [0.25, 0.3) is 5.56 Å². The van der Waals surface area contributed by atoms with Crippen LogP contribution in [0.2, 0.25) is 10.0 Å². The molecule has 3 heterocycles. The molecule has 1 saturated carbocycles. The number of benzene rings is 1. The van der Waals surface area contributed by atoms with Crippen LogP contribution in [-0.2, 0) is 25.4 Å². The Morgan fingerprint density at radius 3 is 2.58 bits per heavy atom. The van der Waals surface area contributed by atoms with Gasteiger partial charge >= 0.3 is 5.69 Å². The van der Waals surface area contributed by atoms with Crippen LogP contribution in [0.25, 0.3) is 11.2 Å². The first-order valence-corrected chi connectivity index (χ1v) is 12.0. The van der Waals surface area contributed by atoms with Gasteiger partial charge < -0.3 is 15.2 Å². The average Bonchev–Trinajstić information content (AvgIpc) is 3.15. The van der Waals surface area contributed by atoms with Crippen molar-refractivity contribution in [3.63, 3.8) is 0 Å². The van der Waals surface area contributed by atoms with Gasteiger partial charge in [0.2, 0.25) is 11.9 Å². The first-order valence-electron chi connectivity index (χ1n) is 11.3. The summed E-state index contributed by atoms with van der Waals surface area (Å²) in [5, 5.41) is 0.858. The van der Waals surface area contributed by atoms with Crippen LogP contribution in [-0.4, -0.2) is 30.0 Å². The lowest BCUT2D eigenvalue weighted by atomic mass is 9.72. The summed E-state index contributed by atoms with van der Waals surface area (Å²) in [7, 11) is 3.27. The molecule has 0 bridgehead atoms. The maximum atomic E-state index is 12.6. The highest BCUT2D eigenvalue weighted by Gasteiger charge is 2.35. The minimum absolute atomic E-state index is 0.124. The fourth-order valence-corrected chi connectivity index (χ4v) is 4.88. The molecule has 186 valence electrons. The first-order chi connectivity index (χ1) is 17.1. The molecule has 0 unspecified atom stereocenters. The number of pyridine rings is 1. The van der Waals surface area contributed by atoms with E-state index in [-0.39, 0.29) is 28.9 Å². The molecule has 1 aromatic carbocycles. The Balaban J connectivity index is 1.63. The maximum Gasteiger partial charge on any atom is 0.329 e. The van der Waals surface area contributed by atoms with Crippen molar-refractivity contribution in [2.45, 2.75) is 25.3 Å². The van der Waals surface area contributed by atoms with Crippen LogP contribution in [0.1, 0.15) is 30.0 Å². The average molecular weight is 528 g/mol. The van der Waals surface area contributed by atoms with Gasteiger partial charge in [0.1, 0.15) is 0 Å². The number of anilines is 2. The van der Waals surface area contributed by atoms with Gasteiger partial charge in [-0.3, -0.25) is 24.1 Å². The number of rotatable bonds is 6. The number of hydrogen-bond acceptors (Lipinski definition) is 6. The molecule has 10 nitrogen and oxygen atoms in total. The second kappa shape index (κ2) is 9.11. The molecule has 3 N–H and O–H groups in total. The Morgan fingerprint density at radius 1 is 1.14 bits per heavy atom. The van der Waals surface area contributed by atoms with Gasteiger partial charge in [-0.15, -0.1) is 0 Å².